The second kappa shape index (κ2) is 7.39. The topological polar surface area (TPSA) is 52.7 Å². The van der Waals surface area contributed by atoms with Gasteiger partial charge in [0.2, 0.25) is 5.91 Å². The molecule has 1 aliphatic carbocycles. The van der Waals surface area contributed by atoms with Gasteiger partial charge in [0, 0.05) is 30.7 Å². The van der Waals surface area contributed by atoms with Crippen molar-refractivity contribution in [1.29, 1.82) is 0 Å². The van der Waals surface area contributed by atoms with Gasteiger partial charge >= 0.3 is 6.18 Å². The lowest BCUT2D eigenvalue weighted by atomic mass is 9.92. The maximum atomic E-state index is 12.9. The number of nitrogens with one attached hydrogen (secondary N) is 1. The molecule has 0 unspecified atom stereocenters. The lowest BCUT2D eigenvalue weighted by Crippen LogP contribution is -2.49. The van der Waals surface area contributed by atoms with E-state index in [1.807, 2.05) is 0 Å². The number of rotatable bonds is 4. The van der Waals surface area contributed by atoms with Crippen LogP contribution in [0.3, 0.4) is 0 Å². The van der Waals surface area contributed by atoms with Gasteiger partial charge in [0.15, 0.2) is 0 Å². The lowest BCUT2D eigenvalue weighted by molar-refractivity contribution is -0.137. The first-order valence-electron chi connectivity index (χ1n) is 9.81. The van der Waals surface area contributed by atoms with Crippen LogP contribution in [0.5, 0.6) is 0 Å². The van der Waals surface area contributed by atoms with E-state index in [4.69, 9.17) is 0 Å². The summed E-state index contributed by atoms with van der Waals surface area (Å²) in [5.74, 6) is -0.0917. The number of halogens is 3. The molecule has 5 nitrogen and oxygen atoms in total. The number of carbonyl (C=O) groups is 2. The second-order valence-corrected chi connectivity index (χ2v) is 8.07. The molecule has 8 heteroatoms. The summed E-state index contributed by atoms with van der Waals surface area (Å²) < 4.78 is 38.8. The maximum absolute atomic E-state index is 12.9. The number of likely N-dealkylation sites (tertiary alicyclic amines) is 2. The Morgan fingerprint density at radius 2 is 1.93 bits per heavy atom. The molecule has 4 rings (SSSR count). The van der Waals surface area contributed by atoms with Crippen molar-refractivity contribution >= 4 is 11.8 Å². The largest absolute Gasteiger partial charge is 0.416 e. The lowest BCUT2D eigenvalue weighted by Gasteiger charge is -2.36. The molecule has 2 saturated heterocycles. The molecule has 0 radical (unpaired) electrons. The van der Waals surface area contributed by atoms with E-state index in [-0.39, 0.29) is 29.3 Å². The van der Waals surface area contributed by atoms with Crippen molar-refractivity contribution in [1.82, 2.24) is 15.1 Å². The number of nitrogens with zero attached hydrogens (tertiary/aromatic N) is 2. The van der Waals surface area contributed by atoms with Crippen LogP contribution in [-0.2, 0) is 11.0 Å². The van der Waals surface area contributed by atoms with Crippen molar-refractivity contribution in [2.75, 3.05) is 26.2 Å². The molecule has 0 bridgehead atoms. The predicted molar refractivity (Wildman–Crippen MR) is 96.6 cm³/mol. The van der Waals surface area contributed by atoms with Gasteiger partial charge in [-0.2, -0.15) is 13.2 Å². The summed E-state index contributed by atoms with van der Waals surface area (Å²) in [6.45, 7) is 2.12. The number of benzene rings is 1. The average Bonchev–Trinajstić information content (AvgIpc) is 3.34. The van der Waals surface area contributed by atoms with Gasteiger partial charge in [0.1, 0.15) is 0 Å². The van der Waals surface area contributed by atoms with Crippen LogP contribution < -0.4 is 5.32 Å². The zero-order valence-corrected chi connectivity index (χ0v) is 15.5. The monoisotopic (exact) mass is 395 g/mol. The molecule has 152 valence electrons. The van der Waals surface area contributed by atoms with Gasteiger partial charge in [0.25, 0.3) is 5.91 Å². The van der Waals surface area contributed by atoms with E-state index in [1.54, 1.807) is 4.90 Å². The van der Waals surface area contributed by atoms with Crippen molar-refractivity contribution in [3.05, 3.63) is 35.4 Å². The summed E-state index contributed by atoms with van der Waals surface area (Å²) in [4.78, 5) is 28.8. The van der Waals surface area contributed by atoms with E-state index in [2.05, 4.69) is 10.2 Å². The molecule has 1 N–H and O–H groups in total. The van der Waals surface area contributed by atoms with Crippen LogP contribution in [0.25, 0.3) is 0 Å². The minimum Gasteiger partial charge on any atom is -0.352 e. The van der Waals surface area contributed by atoms with Crippen LogP contribution in [0.1, 0.15) is 41.6 Å². The molecule has 2 heterocycles. The van der Waals surface area contributed by atoms with E-state index in [1.165, 1.54) is 12.1 Å². The Kier molecular flexibility index (Phi) is 5.07. The second-order valence-electron chi connectivity index (χ2n) is 8.07. The van der Waals surface area contributed by atoms with Gasteiger partial charge in [-0.05, 0) is 56.3 Å². The number of amides is 2. The summed E-state index contributed by atoms with van der Waals surface area (Å²) in [7, 11) is 0. The summed E-state index contributed by atoms with van der Waals surface area (Å²) in [6, 6.07) is 5.00. The standard InChI is InChI=1S/C20H24F3N3O2/c21-20(22,23)15-5-1-3-13(9-15)19(28)26-10-14-4-2-8-25(17(14)11-26)12-18(27)24-16-6-7-16/h1,3,5,9,14,16-17H,2,4,6-8,10-12H2,(H,24,27)/t14-,17+/m1/s1. The average molecular weight is 395 g/mol. The summed E-state index contributed by atoms with van der Waals surface area (Å²) in [5, 5.41) is 2.99. The van der Waals surface area contributed by atoms with Crippen LogP contribution in [-0.4, -0.2) is 59.9 Å². The normalized spacial score (nSPS) is 25.5. The third-order valence-corrected chi connectivity index (χ3v) is 5.91. The van der Waals surface area contributed by atoms with Crippen molar-refractivity contribution in [3.63, 3.8) is 0 Å². The van der Waals surface area contributed by atoms with Gasteiger partial charge in [-0.25, -0.2) is 0 Å². The van der Waals surface area contributed by atoms with Crippen molar-refractivity contribution in [3.8, 4) is 0 Å². The molecule has 0 spiro atoms. The summed E-state index contributed by atoms with van der Waals surface area (Å²) in [5.41, 5.74) is -0.750. The predicted octanol–water partition coefficient (Wildman–Crippen LogP) is 2.52. The third kappa shape index (κ3) is 4.16. The van der Waals surface area contributed by atoms with E-state index in [0.717, 1.165) is 44.4 Å². The Hall–Kier alpha value is -2.09. The van der Waals surface area contributed by atoms with Crippen LogP contribution in [0.4, 0.5) is 13.2 Å². The first-order valence-corrected chi connectivity index (χ1v) is 9.81. The maximum Gasteiger partial charge on any atom is 0.416 e. The Morgan fingerprint density at radius 3 is 2.64 bits per heavy atom. The van der Waals surface area contributed by atoms with E-state index in [0.29, 0.717) is 25.7 Å². The van der Waals surface area contributed by atoms with E-state index in [9.17, 15) is 22.8 Å². The fourth-order valence-electron chi connectivity index (χ4n) is 4.33. The zero-order chi connectivity index (χ0) is 19.9. The SMILES string of the molecule is O=C(CN1CCC[C@@H]2CN(C(=O)c3cccc(C(F)(F)F)c3)C[C@@H]21)NC1CC1. The van der Waals surface area contributed by atoms with Crippen LogP contribution >= 0.6 is 0 Å². The number of fused-ring (bicyclic) bond motifs is 1. The Bertz CT molecular complexity index is 763. The Labute approximate surface area is 161 Å². The molecule has 3 fully saturated rings. The molecule has 2 aliphatic heterocycles. The number of piperidine rings is 1. The molecule has 28 heavy (non-hydrogen) atoms. The van der Waals surface area contributed by atoms with Crippen LogP contribution in [0, 0.1) is 5.92 Å². The van der Waals surface area contributed by atoms with Gasteiger partial charge in [0.05, 0.1) is 12.1 Å². The molecule has 3 aliphatic rings. The fraction of sp³-hybridized carbons (Fsp3) is 0.600. The fourth-order valence-corrected chi connectivity index (χ4v) is 4.33. The van der Waals surface area contributed by atoms with Crippen molar-refractivity contribution in [2.45, 2.75) is 43.9 Å². The highest BCUT2D eigenvalue weighted by molar-refractivity contribution is 5.94. The number of carbonyl (C=O) groups excluding carboxylic acids is 2. The van der Waals surface area contributed by atoms with E-state index < -0.39 is 11.7 Å². The number of hydrogen-bond donors (Lipinski definition) is 1. The molecule has 2 amide bonds. The first kappa shape index (κ1) is 19.2. The molecule has 1 aromatic carbocycles. The van der Waals surface area contributed by atoms with Gasteiger partial charge in [-0.3, -0.25) is 14.5 Å². The molecule has 1 saturated carbocycles. The highest BCUT2D eigenvalue weighted by atomic mass is 19.4. The van der Waals surface area contributed by atoms with E-state index >= 15 is 0 Å². The minimum atomic E-state index is -4.47. The minimum absolute atomic E-state index is 0.0193. The molecular formula is C20H24F3N3O2. The smallest absolute Gasteiger partial charge is 0.352 e. The Balaban J connectivity index is 1.43. The molecule has 0 aromatic heterocycles. The number of hydrogen-bond acceptors (Lipinski definition) is 3. The zero-order valence-electron chi connectivity index (χ0n) is 15.5. The highest BCUT2D eigenvalue weighted by Crippen LogP contribution is 2.33. The third-order valence-electron chi connectivity index (χ3n) is 5.91. The quantitative estimate of drug-likeness (QED) is 0.853. The number of alkyl halides is 3. The van der Waals surface area contributed by atoms with Crippen LogP contribution in [0.15, 0.2) is 24.3 Å². The highest BCUT2D eigenvalue weighted by Gasteiger charge is 2.42. The Morgan fingerprint density at radius 1 is 1.14 bits per heavy atom. The first-order chi connectivity index (χ1) is 13.3. The van der Waals surface area contributed by atoms with Gasteiger partial charge in [-0.1, -0.05) is 6.07 Å². The van der Waals surface area contributed by atoms with Crippen molar-refractivity contribution in [2.24, 2.45) is 5.92 Å². The van der Waals surface area contributed by atoms with Gasteiger partial charge < -0.3 is 10.2 Å². The summed E-state index contributed by atoms with van der Waals surface area (Å²) in [6.07, 6.45) is -0.462. The van der Waals surface area contributed by atoms with Gasteiger partial charge in [-0.15, -0.1) is 0 Å². The summed E-state index contributed by atoms with van der Waals surface area (Å²) >= 11 is 0. The van der Waals surface area contributed by atoms with Crippen LogP contribution in [0.2, 0.25) is 0 Å². The molecule has 1 aromatic rings. The van der Waals surface area contributed by atoms with Crippen molar-refractivity contribution < 1.29 is 22.8 Å². The molecule has 2 atom stereocenters. The molecular weight excluding hydrogens is 371 g/mol.